The van der Waals surface area contributed by atoms with Crippen LogP contribution in [-0.4, -0.2) is 47.1 Å². The van der Waals surface area contributed by atoms with Crippen molar-refractivity contribution in [1.82, 2.24) is 20.2 Å². The molecule has 0 unspecified atom stereocenters. The molecule has 1 aromatic carbocycles. The van der Waals surface area contributed by atoms with E-state index in [-0.39, 0.29) is 5.16 Å². The van der Waals surface area contributed by atoms with Crippen molar-refractivity contribution in [2.45, 2.75) is 23.2 Å². The third kappa shape index (κ3) is 2.32. The van der Waals surface area contributed by atoms with E-state index >= 15 is 0 Å². The molecule has 0 saturated carbocycles. The maximum absolute atomic E-state index is 12.6. The van der Waals surface area contributed by atoms with Crippen molar-refractivity contribution in [2.24, 2.45) is 0 Å². The molecule has 106 valence electrons. The maximum Gasteiger partial charge on any atom is 0.272 e. The molecule has 0 amide bonds. The number of sulfone groups is 1. The first-order valence-electron chi connectivity index (χ1n) is 6.35. The van der Waals surface area contributed by atoms with Crippen molar-refractivity contribution in [3.8, 4) is 5.69 Å². The fourth-order valence-electron chi connectivity index (χ4n) is 2.22. The summed E-state index contributed by atoms with van der Waals surface area (Å²) in [4.78, 5) is 0. The van der Waals surface area contributed by atoms with Gasteiger partial charge in [0.2, 0.25) is 9.84 Å². The van der Waals surface area contributed by atoms with Crippen LogP contribution in [0.1, 0.15) is 12.8 Å². The fourth-order valence-corrected chi connectivity index (χ4v) is 3.87. The van der Waals surface area contributed by atoms with Crippen molar-refractivity contribution < 1.29 is 13.2 Å². The second-order valence-electron chi connectivity index (χ2n) is 4.57. The average Bonchev–Trinajstić information content (AvgIpc) is 2.99. The van der Waals surface area contributed by atoms with Crippen LogP contribution in [0.2, 0.25) is 0 Å². The summed E-state index contributed by atoms with van der Waals surface area (Å²) in [5.74, 6) is 0. The Morgan fingerprint density at radius 3 is 2.55 bits per heavy atom. The van der Waals surface area contributed by atoms with Crippen molar-refractivity contribution in [2.75, 3.05) is 13.2 Å². The molecular weight excluding hydrogens is 280 g/mol. The van der Waals surface area contributed by atoms with Gasteiger partial charge in [0.25, 0.3) is 5.16 Å². The van der Waals surface area contributed by atoms with E-state index in [4.69, 9.17) is 4.74 Å². The number of aromatic nitrogens is 4. The molecule has 0 N–H and O–H groups in total. The van der Waals surface area contributed by atoms with E-state index in [0.29, 0.717) is 31.7 Å². The Labute approximate surface area is 116 Å². The van der Waals surface area contributed by atoms with Gasteiger partial charge < -0.3 is 4.74 Å². The van der Waals surface area contributed by atoms with E-state index in [1.165, 1.54) is 4.68 Å². The Kier molecular flexibility index (Phi) is 3.49. The van der Waals surface area contributed by atoms with Gasteiger partial charge in [-0.2, -0.15) is 4.68 Å². The molecule has 7 nitrogen and oxygen atoms in total. The summed E-state index contributed by atoms with van der Waals surface area (Å²) < 4.78 is 31.7. The molecule has 0 spiro atoms. The minimum absolute atomic E-state index is 0.101. The smallest absolute Gasteiger partial charge is 0.272 e. The lowest BCUT2D eigenvalue weighted by Gasteiger charge is -2.21. The molecule has 0 atom stereocenters. The number of rotatable bonds is 3. The zero-order valence-electron chi connectivity index (χ0n) is 10.7. The van der Waals surface area contributed by atoms with Gasteiger partial charge in [-0.3, -0.25) is 0 Å². The van der Waals surface area contributed by atoms with Gasteiger partial charge in [0, 0.05) is 13.2 Å². The van der Waals surface area contributed by atoms with Crippen LogP contribution in [0, 0.1) is 0 Å². The molecule has 0 radical (unpaired) electrons. The standard InChI is InChI=1S/C12H14N4O3S/c17-20(18,11-6-8-19-9-7-11)12-13-14-15-16(12)10-4-2-1-3-5-10/h1-5,11H,6-9H2. The van der Waals surface area contributed by atoms with Gasteiger partial charge in [-0.05, 0) is 35.4 Å². The monoisotopic (exact) mass is 294 g/mol. The van der Waals surface area contributed by atoms with Crippen molar-refractivity contribution in [3.05, 3.63) is 30.3 Å². The summed E-state index contributed by atoms with van der Waals surface area (Å²) in [6.07, 6.45) is 0.952. The average molecular weight is 294 g/mol. The molecule has 0 bridgehead atoms. The SMILES string of the molecule is O=S(=O)(c1nnnn1-c1ccccc1)C1CCOCC1. The van der Waals surface area contributed by atoms with Crippen LogP contribution in [0.15, 0.2) is 35.5 Å². The predicted octanol–water partition coefficient (Wildman–Crippen LogP) is 0.615. The van der Waals surface area contributed by atoms with Crippen LogP contribution in [0.25, 0.3) is 5.69 Å². The molecule has 1 saturated heterocycles. The van der Waals surface area contributed by atoms with Crippen molar-refractivity contribution in [1.29, 1.82) is 0 Å². The number of hydrogen-bond acceptors (Lipinski definition) is 6. The van der Waals surface area contributed by atoms with Gasteiger partial charge in [0.1, 0.15) is 0 Å². The van der Waals surface area contributed by atoms with Gasteiger partial charge in [0.15, 0.2) is 0 Å². The normalized spacial score (nSPS) is 17.2. The van der Waals surface area contributed by atoms with Gasteiger partial charge >= 0.3 is 0 Å². The summed E-state index contributed by atoms with van der Waals surface area (Å²) in [5.41, 5.74) is 0.628. The zero-order chi connectivity index (χ0) is 14.0. The van der Waals surface area contributed by atoms with E-state index in [9.17, 15) is 8.42 Å². The second kappa shape index (κ2) is 5.29. The Balaban J connectivity index is 2.01. The molecule has 0 aliphatic carbocycles. The van der Waals surface area contributed by atoms with E-state index in [0.717, 1.165) is 0 Å². The summed E-state index contributed by atoms with van der Waals surface area (Å²) in [5, 5.41) is 10.4. The highest BCUT2D eigenvalue weighted by molar-refractivity contribution is 7.91. The number of tetrazole rings is 1. The number of para-hydroxylation sites is 1. The van der Waals surface area contributed by atoms with Crippen LogP contribution in [0.5, 0.6) is 0 Å². The first kappa shape index (κ1) is 13.2. The number of benzene rings is 1. The second-order valence-corrected chi connectivity index (χ2v) is 6.69. The molecule has 2 aromatic rings. The highest BCUT2D eigenvalue weighted by atomic mass is 32.2. The Bertz CT molecular complexity index is 678. The largest absolute Gasteiger partial charge is 0.381 e. The fraction of sp³-hybridized carbons (Fsp3) is 0.417. The molecule has 3 rings (SSSR count). The molecule has 2 heterocycles. The van der Waals surface area contributed by atoms with Gasteiger partial charge in [-0.1, -0.05) is 23.3 Å². The lowest BCUT2D eigenvalue weighted by atomic mass is 10.2. The van der Waals surface area contributed by atoms with Crippen LogP contribution >= 0.6 is 0 Å². The third-order valence-corrected chi connectivity index (χ3v) is 5.42. The Hall–Kier alpha value is -1.80. The first-order valence-corrected chi connectivity index (χ1v) is 7.89. The minimum Gasteiger partial charge on any atom is -0.381 e. The highest BCUT2D eigenvalue weighted by Gasteiger charge is 2.34. The summed E-state index contributed by atoms with van der Waals surface area (Å²) in [6, 6.07) is 8.99. The third-order valence-electron chi connectivity index (χ3n) is 3.30. The summed E-state index contributed by atoms with van der Waals surface area (Å²) in [7, 11) is -3.55. The Morgan fingerprint density at radius 2 is 1.85 bits per heavy atom. The van der Waals surface area contributed by atoms with Gasteiger partial charge in [-0.15, -0.1) is 0 Å². The van der Waals surface area contributed by atoms with E-state index < -0.39 is 15.1 Å². The van der Waals surface area contributed by atoms with Crippen LogP contribution < -0.4 is 0 Å². The van der Waals surface area contributed by atoms with E-state index in [1.807, 2.05) is 18.2 Å². The van der Waals surface area contributed by atoms with Crippen LogP contribution in [-0.2, 0) is 14.6 Å². The maximum atomic E-state index is 12.6. The topological polar surface area (TPSA) is 87.0 Å². The highest BCUT2D eigenvalue weighted by Crippen LogP contribution is 2.23. The Morgan fingerprint density at radius 1 is 1.15 bits per heavy atom. The van der Waals surface area contributed by atoms with E-state index in [2.05, 4.69) is 15.5 Å². The first-order chi connectivity index (χ1) is 9.69. The van der Waals surface area contributed by atoms with E-state index in [1.54, 1.807) is 12.1 Å². The molecule has 1 aliphatic heterocycles. The van der Waals surface area contributed by atoms with Crippen LogP contribution in [0.3, 0.4) is 0 Å². The summed E-state index contributed by atoms with van der Waals surface area (Å²) >= 11 is 0. The lowest BCUT2D eigenvalue weighted by Crippen LogP contribution is -2.30. The molecule has 1 fully saturated rings. The zero-order valence-corrected chi connectivity index (χ0v) is 11.5. The summed E-state index contributed by atoms with van der Waals surface area (Å²) in [6.45, 7) is 0.910. The molecule has 1 aliphatic rings. The molecular formula is C12H14N4O3S. The molecule has 8 heteroatoms. The van der Waals surface area contributed by atoms with Gasteiger partial charge in [0.05, 0.1) is 10.9 Å². The van der Waals surface area contributed by atoms with Gasteiger partial charge in [-0.25, -0.2) is 8.42 Å². The number of nitrogens with zero attached hydrogens (tertiary/aromatic N) is 4. The molecule has 1 aromatic heterocycles. The molecule has 20 heavy (non-hydrogen) atoms. The quantitative estimate of drug-likeness (QED) is 0.824. The minimum atomic E-state index is -3.55. The van der Waals surface area contributed by atoms with Crippen molar-refractivity contribution >= 4 is 9.84 Å². The lowest BCUT2D eigenvalue weighted by molar-refractivity contribution is 0.0982. The predicted molar refractivity (Wildman–Crippen MR) is 70.2 cm³/mol. The van der Waals surface area contributed by atoms with Crippen LogP contribution in [0.4, 0.5) is 0 Å². The number of ether oxygens (including phenoxy) is 1. The number of hydrogen-bond donors (Lipinski definition) is 0. The van der Waals surface area contributed by atoms with Crippen molar-refractivity contribution in [3.63, 3.8) is 0 Å².